The Morgan fingerprint density at radius 3 is 2.22 bits per heavy atom. The average Bonchev–Trinajstić information content (AvgIpc) is 3.33. The third-order valence-electron chi connectivity index (χ3n) is 6.01. The highest BCUT2D eigenvalue weighted by Gasteiger charge is 2.42. The van der Waals surface area contributed by atoms with Crippen LogP contribution in [0, 0.1) is 20.8 Å². The number of benzene rings is 2. The molecule has 2 aromatic heterocycles. The molecule has 2 atom stereocenters. The van der Waals surface area contributed by atoms with Crippen molar-refractivity contribution in [3.63, 3.8) is 0 Å². The largest absolute Gasteiger partial charge is 0.351 e. The molecule has 0 aliphatic carbocycles. The zero-order valence-corrected chi connectivity index (χ0v) is 19.3. The number of aromatic nitrogens is 2. The van der Waals surface area contributed by atoms with Gasteiger partial charge in [0.15, 0.2) is 5.11 Å². The van der Waals surface area contributed by atoms with E-state index in [4.69, 9.17) is 12.2 Å². The summed E-state index contributed by atoms with van der Waals surface area (Å²) < 4.78 is 2.33. The molecular weight excluding hydrogens is 412 g/mol. The van der Waals surface area contributed by atoms with E-state index in [9.17, 15) is 0 Å². The Bertz CT molecular complexity index is 1240. The number of para-hydroxylation sites is 1. The fourth-order valence-corrected chi connectivity index (χ4v) is 5.09. The number of hydrogen-bond donors (Lipinski definition) is 1. The van der Waals surface area contributed by atoms with Crippen molar-refractivity contribution in [3.8, 4) is 5.69 Å². The van der Waals surface area contributed by atoms with Crippen LogP contribution in [0.2, 0.25) is 0 Å². The van der Waals surface area contributed by atoms with E-state index < -0.39 is 0 Å². The van der Waals surface area contributed by atoms with Crippen LogP contribution in [0.1, 0.15) is 40.3 Å². The topological polar surface area (TPSA) is 33.1 Å². The van der Waals surface area contributed by atoms with Crippen LogP contribution in [-0.2, 0) is 0 Å². The molecule has 0 radical (unpaired) electrons. The zero-order chi connectivity index (χ0) is 22.2. The van der Waals surface area contributed by atoms with Crippen LogP contribution < -0.4 is 10.2 Å². The molecule has 2 aromatic carbocycles. The third-order valence-corrected chi connectivity index (χ3v) is 6.32. The summed E-state index contributed by atoms with van der Waals surface area (Å²) in [5.41, 5.74) is 8.02. The molecule has 1 N–H and O–H groups in total. The fraction of sp³-hybridized carbons (Fsp3) is 0.185. The van der Waals surface area contributed by atoms with Gasteiger partial charge in [-0.15, -0.1) is 0 Å². The maximum Gasteiger partial charge on any atom is 0.174 e. The first-order valence-corrected chi connectivity index (χ1v) is 11.3. The molecule has 1 fully saturated rings. The second-order valence-electron chi connectivity index (χ2n) is 8.41. The summed E-state index contributed by atoms with van der Waals surface area (Å²) in [6.45, 7) is 6.41. The van der Waals surface area contributed by atoms with Crippen molar-refractivity contribution in [2.24, 2.45) is 0 Å². The molecule has 3 heterocycles. The number of anilines is 1. The van der Waals surface area contributed by atoms with Crippen molar-refractivity contribution < 1.29 is 0 Å². The number of rotatable bonds is 4. The van der Waals surface area contributed by atoms with Crippen molar-refractivity contribution in [2.75, 3.05) is 4.90 Å². The maximum atomic E-state index is 5.91. The molecule has 0 saturated carbocycles. The Hall–Kier alpha value is -3.44. The SMILES string of the molecule is Cc1cc(C)cc(N2C(=S)N[C@@H](c3ccccn3)[C@H]2c2ccc(C)n2-c2ccccc2)c1. The van der Waals surface area contributed by atoms with Gasteiger partial charge in [-0.3, -0.25) is 4.98 Å². The molecule has 1 aliphatic heterocycles. The lowest BCUT2D eigenvalue weighted by atomic mass is 10.00. The van der Waals surface area contributed by atoms with Crippen LogP contribution in [-0.4, -0.2) is 14.7 Å². The number of nitrogens with one attached hydrogen (secondary N) is 1. The first-order valence-electron chi connectivity index (χ1n) is 10.9. The van der Waals surface area contributed by atoms with Gasteiger partial charge in [-0.05, 0) is 92.6 Å². The molecular formula is C27H26N4S. The van der Waals surface area contributed by atoms with E-state index in [2.05, 4.69) is 101 Å². The van der Waals surface area contributed by atoms with E-state index in [0.29, 0.717) is 5.11 Å². The summed E-state index contributed by atoms with van der Waals surface area (Å²) in [7, 11) is 0. The van der Waals surface area contributed by atoms with Gasteiger partial charge in [0, 0.05) is 29.0 Å². The van der Waals surface area contributed by atoms with Crippen LogP contribution in [0.3, 0.4) is 0 Å². The van der Waals surface area contributed by atoms with Crippen molar-refractivity contribution in [1.29, 1.82) is 0 Å². The predicted molar refractivity (Wildman–Crippen MR) is 134 cm³/mol. The van der Waals surface area contributed by atoms with Crippen LogP contribution >= 0.6 is 12.2 Å². The van der Waals surface area contributed by atoms with Crippen LogP contribution in [0.4, 0.5) is 5.69 Å². The van der Waals surface area contributed by atoms with E-state index in [1.165, 1.54) is 22.5 Å². The second-order valence-corrected chi connectivity index (χ2v) is 8.80. The van der Waals surface area contributed by atoms with Gasteiger partial charge in [0.1, 0.15) is 6.04 Å². The Labute approximate surface area is 194 Å². The molecule has 5 heteroatoms. The second kappa shape index (κ2) is 8.24. The van der Waals surface area contributed by atoms with E-state index >= 15 is 0 Å². The van der Waals surface area contributed by atoms with Gasteiger partial charge in [0.25, 0.3) is 0 Å². The van der Waals surface area contributed by atoms with E-state index in [-0.39, 0.29) is 12.1 Å². The average molecular weight is 439 g/mol. The maximum absolute atomic E-state index is 5.91. The minimum Gasteiger partial charge on any atom is -0.351 e. The van der Waals surface area contributed by atoms with Gasteiger partial charge in [-0.1, -0.05) is 30.3 Å². The fourth-order valence-electron chi connectivity index (χ4n) is 4.74. The molecule has 4 nitrogen and oxygen atoms in total. The van der Waals surface area contributed by atoms with Gasteiger partial charge < -0.3 is 14.8 Å². The first-order chi connectivity index (χ1) is 15.5. The minimum absolute atomic E-state index is 0.0486. The third kappa shape index (κ3) is 3.59. The van der Waals surface area contributed by atoms with Crippen molar-refractivity contribution in [1.82, 2.24) is 14.9 Å². The molecule has 0 bridgehead atoms. The lowest BCUT2D eigenvalue weighted by Crippen LogP contribution is -2.30. The predicted octanol–water partition coefficient (Wildman–Crippen LogP) is 5.97. The molecule has 1 aliphatic rings. The molecule has 160 valence electrons. The van der Waals surface area contributed by atoms with Crippen LogP contribution in [0.5, 0.6) is 0 Å². The highest BCUT2D eigenvalue weighted by molar-refractivity contribution is 7.80. The first kappa shape index (κ1) is 20.5. The molecule has 0 amide bonds. The Morgan fingerprint density at radius 2 is 1.53 bits per heavy atom. The molecule has 0 unspecified atom stereocenters. The van der Waals surface area contributed by atoms with Gasteiger partial charge >= 0.3 is 0 Å². The van der Waals surface area contributed by atoms with Crippen molar-refractivity contribution in [3.05, 3.63) is 113 Å². The standard InChI is InChI=1S/C27H26N4S/c1-18-15-19(2)17-22(16-18)31-26(25(29-27(31)32)23-11-7-8-14-28-23)24-13-12-20(3)30(24)21-9-5-4-6-10-21/h4-17,25-26H,1-3H3,(H,29,32)/t25-,26+/m0/s1. The molecule has 1 saturated heterocycles. The number of nitrogens with zero attached hydrogens (tertiary/aromatic N) is 3. The zero-order valence-electron chi connectivity index (χ0n) is 18.5. The summed E-state index contributed by atoms with van der Waals surface area (Å²) in [5, 5.41) is 4.29. The Kier molecular flexibility index (Phi) is 5.27. The van der Waals surface area contributed by atoms with Crippen molar-refractivity contribution >= 4 is 23.0 Å². The molecule has 4 aromatic rings. The van der Waals surface area contributed by atoms with E-state index in [0.717, 1.165) is 17.1 Å². The highest BCUT2D eigenvalue weighted by atomic mass is 32.1. The summed E-state index contributed by atoms with van der Waals surface area (Å²) in [6, 6.07) is 27.4. The monoisotopic (exact) mass is 438 g/mol. The number of thiocarbonyl (C=S) groups is 1. The summed E-state index contributed by atoms with van der Waals surface area (Å²) in [6.07, 6.45) is 1.85. The van der Waals surface area contributed by atoms with Crippen LogP contribution in [0.25, 0.3) is 5.69 Å². The number of aryl methyl sites for hydroxylation is 3. The van der Waals surface area contributed by atoms with Crippen molar-refractivity contribution in [2.45, 2.75) is 32.9 Å². The highest BCUT2D eigenvalue weighted by Crippen LogP contribution is 2.43. The van der Waals surface area contributed by atoms with Crippen LogP contribution in [0.15, 0.2) is 85.1 Å². The number of hydrogen-bond acceptors (Lipinski definition) is 2. The normalized spacial score (nSPS) is 18.1. The number of pyridine rings is 1. The quantitative estimate of drug-likeness (QED) is 0.398. The van der Waals surface area contributed by atoms with E-state index in [1.807, 2.05) is 24.4 Å². The van der Waals surface area contributed by atoms with Gasteiger partial charge in [0.2, 0.25) is 0 Å². The minimum atomic E-state index is -0.0683. The Balaban J connectivity index is 1.72. The van der Waals surface area contributed by atoms with Gasteiger partial charge in [-0.2, -0.15) is 0 Å². The molecule has 5 rings (SSSR count). The summed E-state index contributed by atoms with van der Waals surface area (Å²) in [5.74, 6) is 0. The lowest BCUT2D eigenvalue weighted by Gasteiger charge is -2.30. The van der Waals surface area contributed by atoms with Gasteiger partial charge in [-0.25, -0.2) is 0 Å². The van der Waals surface area contributed by atoms with E-state index in [1.54, 1.807) is 0 Å². The summed E-state index contributed by atoms with van der Waals surface area (Å²) in [4.78, 5) is 6.94. The smallest absolute Gasteiger partial charge is 0.174 e. The summed E-state index contributed by atoms with van der Waals surface area (Å²) >= 11 is 5.91. The lowest BCUT2D eigenvalue weighted by molar-refractivity contribution is 0.548. The van der Waals surface area contributed by atoms with Gasteiger partial charge in [0.05, 0.1) is 11.7 Å². The molecule has 0 spiro atoms. The molecule has 32 heavy (non-hydrogen) atoms. The Morgan fingerprint density at radius 1 is 0.812 bits per heavy atom.